The van der Waals surface area contributed by atoms with E-state index in [0.29, 0.717) is 11.3 Å². The molecule has 2 bridgehead atoms. The Bertz CT molecular complexity index is 1390. The summed E-state index contributed by atoms with van der Waals surface area (Å²) in [6.45, 7) is 0. The van der Waals surface area contributed by atoms with Crippen molar-refractivity contribution in [3.8, 4) is 28.1 Å². The van der Waals surface area contributed by atoms with Crippen LogP contribution in [-0.2, 0) is 0 Å². The maximum Gasteiger partial charge on any atom is 0.407 e. The molecular weight excluding hydrogens is 456 g/mol. The fourth-order valence-electron chi connectivity index (χ4n) is 5.53. The minimum absolute atomic E-state index is 0.00683. The van der Waals surface area contributed by atoms with Gasteiger partial charge in [-0.15, -0.1) is 5.10 Å². The molecule has 2 aliphatic rings. The lowest BCUT2D eigenvalue weighted by Gasteiger charge is -2.37. The van der Waals surface area contributed by atoms with Crippen molar-refractivity contribution < 1.29 is 15.0 Å². The molecule has 4 aromatic rings. The van der Waals surface area contributed by atoms with Gasteiger partial charge >= 0.3 is 6.09 Å². The van der Waals surface area contributed by atoms with Gasteiger partial charge in [0.05, 0.1) is 22.5 Å². The SMILES string of the molecule is O=C(O)N1C2CCC1CC(c1cnnc3c(-c4ccc(Cl)c(O)c4)c(-c4ccncc4)nn13)C2. The van der Waals surface area contributed by atoms with Gasteiger partial charge in [-0.25, -0.2) is 9.31 Å². The molecule has 5 heterocycles. The zero-order chi connectivity index (χ0) is 23.4. The summed E-state index contributed by atoms with van der Waals surface area (Å²) in [5, 5.41) is 33.8. The molecular formula is C24H21ClN6O3. The Kier molecular flexibility index (Phi) is 4.88. The summed E-state index contributed by atoms with van der Waals surface area (Å²) < 4.78 is 1.82. The van der Waals surface area contributed by atoms with E-state index in [4.69, 9.17) is 16.7 Å². The second kappa shape index (κ2) is 7.95. The van der Waals surface area contributed by atoms with Crippen LogP contribution in [0.3, 0.4) is 0 Å². The third-order valence-electron chi connectivity index (χ3n) is 7.01. The van der Waals surface area contributed by atoms with Crippen molar-refractivity contribution in [1.29, 1.82) is 0 Å². The highest BCUT2D eigenvalue weighted by Gasteiger charge is 2.44. The molecule has 6 rings (SSSR count). The van der Waals surface area contributed by atoms with Crippen molar-refractivity contribution in [3.05, 3.63) is 59.6 Å². The molecule has 0 radical (unpaired) electrons. The highest BCUT2D eigenvalue weighted by atomic mass is 35.5. The highest BCUT2D eigenvalue weighted by Crippen LogP contribution is 2.44. The number of aromatic hydroxyl groups is 1. The van der Waals surface area contributed by atoms with Crippen LogP contribution in [0.4, 0.5) is 4.79 Å². The predicted molar refractivity (Wildman–Crippen MR) is 125 cm³/mol. The van der Waals surface area contributed by atoms with E-state index in [2.05, 4.69) is 15.2 Å². The van der Waals surface area contributed by atoms with Gasteiger partial charge in [-0.2, -0.15) is 10.2 Å². The number of aromatic nitrogens is 5. The summed E-state index contributed by atoms with van der Waals surface area (Å²) in [6, 6.07) is 8.83. The molecule has 34 heavy (non-hydrogen) atoms. The second-order valence-electron chi connectivity index (χ2n) is 8.87. The van der Waals surface area contributed by atoms with Crippen LogP contribution < -0.4 is 0 Å². The molecule has 0 saturated carbocycles. The van der Waals surface area contributed by atoms with E-state index in [-0.39, 0.29) is 28.8 Å². The van der Waals surface area contributed by atoms with Crippen LogP contribution in [0, 0.1) is 0 Å². The molecule has 0 spiro atoms. The molecule has 9 nitrogen and oxygen atoms in total. The zero-order valence-corrected chi connectivity index (χ0v) is 18.8. The maximum atomic E-state index is 11.7. The Balaban J connectivity index is 1.52. The number of fused-ring (bicyclic) bond motifs is 3. The van der Waals surface area contributed by atoms with Gasteiger partial charge in [0.1, 0.15) is 11.4 Å². The monoisotopic (exact) mass is 476 g/mol. The molecule has 2 aliphatic heterocycles. The summed E-state index contributed by atoms with van der Waals surface area (Å²) in [6.07, 6.45) is 7.52. The number of piperidine rings is 1. The third kappa shape index (κ3) is 3.27. The maximum absolute atomic E-state index is 11.7. The fourth-order valence-corrected chi connectivity index (χ4v) is 5.65. The van der Waals surface area contributed by atoms with Crippen molar-refractivity contribution >= 4 is 23.3 Å². The van der Waals surface area contributed by atoms with Crippen molar-refractivity contribution in [1.82, 2.24) is 29.7 Å². The van der Waals surface area contributed by atoms with E-state index in [9.17, 15) is 15.0 Å². The van der Waals surface area contributed by atoms with Gasteiger partial charge in [0.25, 0.3) is 0 Å². The lowest BCUT2D eigenvalue weighted by atomic mass is 9.88. The first-order chi connectivity index (χ1) is 16.5. The van der Waals surface area contributed by atoms with Crippen molar-refractivity contribution in [3.63, 3.8) is 0 Å². The summed E-state index contributed by atoms with van der Waals surface area (Å²) >= 11 is 6.06. The standard InChI is InChI=1S/C24H21ClN6O3/c25-18-4-1-14(11-20(18)32)21-22(13-5-7-26-8-6-13)29-31-19(12-27-28-23(21)31)15-9-16-2-3-17(10-15)30(16)24(33)34/h1,4-8,11-12,15-17,32H,2-3,9-10H2,(H,33,34). The van der Waals surface area contributed by atoms with Crippen molar-refractivity contribution in [2.45, 2.75) is 43.7 Å². The molecule has 2 N–H and O–H groups in total. The number of pyridine rings is 1. The van der Waals surface area contributed by atoms with Gasteiger partial charge in [0.2, 0.25) is 0 Å². The average Bonchev–Trinajstić information content (AvgIpc) is 3.36. The van der Waals surface area contributed by atoms with Gasteiger partial charge in [0, 0.05) is 36.0 Å². The lowest BCUT2D eigenvalue weighted by molar-refractivity contribution is 0.0957. The normalized spacial score (nSPS) is 21.8. The van der Waals surface area contributed by atoms with Crippen LogP contribution in [-0.4, -0.2) is 58.1 Å². The first-order valence-electron chi connectivity index (χ1n) is 11.2. The van der Waals surface area contributed by atoms with Gasteiger partial charge in [-0.3, -0.25) is 4.98 Å². The number of phenols is 1. The van der Waals surface area contributed by atoms with Crippen LogP contribution in [0.25, 0.3) is 28.0 Å². The fraction of sp³-hybridized carbons (Fsp3) is 0.292. The molecule has 1 amide bonds. The minimum Gasteiger partial charge on any atom is -0.506 e. The van der Waals surface area contributed by atoms with E-state index < -0.39 is 6.09 Å². The summed E-state index contributed by atoms with van der Waals surface area (Å²) in [5.41, 5.74) is 4.48. The van der Waals surface area contributed by atoms with E-state index >= 15 is 0 Å². The van der Waals surface area contributed by atoms with Crippen LogP contribution in [0.15, 0.2) is 48.9 Å². The van der Waals surface area contributed by atoms with Crippen LogP contribution >= 0.6 is 11.6 Å². The quantitative estimate of drug-likeness (QED) is 0.443. The Morgan fingerprint density at radius 1 is 1.06 bits per heavy atom. The number of hydrogen-bond acceptors (Lipinski definition) is 6. The Morgan fingerprint density at radius 2 is 1.79 bits per heavy atom. The van der Waals surface area contributed by atoms with E-state index in [1.165, 1.54) is 0 Å². The molecule has 2 atom stereocenters. The van der Waals surface area contributed by atoms with Crippen molar-refractivity contribution in [2.75, 3.05) is 0 Å². The number of hydrogen-bond donors (Lipinski definition) is 2. The van der Waals surface area contributed by atoms with Gasteiger partial charge in [-0.1, -0.05) is 17.7 Å². The molecule has 172 valence electrons. The van der Waals surface area contributed by atoms with Crippen LogP contribution in [0.1, 0.15) is 37.3 Å². The van der Waals surface area contributed by atoms with E-state index in [1.807, 2.05) is 22.7 Å². The summed E-state index contributed by atoms with van der Waals surface area (Å²) in [5.74, 6) is 0.0867. The molecule has 0 aliphatic carbocycles. The summed E-state index contributed by atoms with van der Waals surface area (Å²) in [7, 11) is 0. The predicted octanol–water partition coefficient (Wildman–Crippen LogP) is 4.60. The topological polar surface area (TPSA) is 117 Å². The number of rotatable bonds is 3. The number of carboxylic acid groups (broad SMARTS) is 1. The smallest absolute Gasteiger partial charge is 0.407 e. The van der Waals surface area contributed by atoms with Gasteiger partial charge in [0.15, 0.2) is 5.65 Å². The Morgan fingerprint density at radius 3 is 2.47 bits per heavy atom. The van der Waals surface area contributed by atoms with Crippen LogP contribution in [0.5, 0.6) is 5.75 Å². The zero-order valence-electron chi connectivity index (χ0n) is 18.0. The van der Waals surface area contributed by atoms with Gasteiger partial charge < -0.3 is 15.1 Å². The Hall–Kier alpha value is -3.72. The number of halogens is 1. The number of carbonyl (C=O) groups is 1. The molecule has 3 aromatic heterocycles. The molecule has 2 fully saturated rings. The van der Waals surface area contributed by atoms with E-state index in [1.54, 1.807) is 35.6 Å². The lowest BCUT2D eigenvalue weighted by Crippen LogP contribution is -2.45. The van der Waals surface area contributed by atoms with Crippen LogP contribution in [0.2, 0.25) is 5.02 Å². The molecule has 2 unspecified atom stereocenters. The molecule has 10 heteroatoms. The summed E-state index contributed by atoms with van der Waals surface area (Å²) in [4.78, 5) is 17.5. The molecule has 1 aromatic carbocycles. The molecule has 2 saturated heterocycles. The third-order valence-corrected chi connectivity index (χ3v) is 7.33. The highest BCUT2D eigenvalue weighted by molar-refractivity contribution is 6.32. The minimum atomic E-state index is -0.840. The first-order valence-corrected chi connectivity index (χ1v) is 11.5. The van der Waals surface area contributed by atoms with Crippen molar-refractivity contribution in [2.24, 2.45) is 0 Å². The number of amides is 1. The largest absolute Gasteiger partial charge is 0.506 e. The average molecular weight is 477 g/mol. The first kappa shape index (κ1) is 20.9. The number of phenolic OH excluding ortho intramolecular Hbond substituents is 1. The van der Waals surface area contributed by atoms with E-state index in [0.717, 1.165) is 48.1 Å². The number of nitrogens with zero attached hydrogens (tertiary/aromatic N) is 6. The van der Waals surface area contributed by atoms with Gasteiger partial charge in [-0.05, 0) is 55.5 Å². The number of benzene rings is 1. The Labute approximate surface area is 199 Å². The second-order valence-corrected chi connectivity index (χ2v) is 9.28.